The fraction of sp³-hybridized carbons (Fsp3) is 0.632. The van der Waals surface area contributed by atoms with E-state index in [0.29, 0.717) is 0 Å². The van der Waals surface area contributed by atoms with Gasteiger partial charge >= 0.3 is 5.97 Å². The zero-order valence-corrected chi connectivity index (χ0v) is 14.5. The molecule has 24 heavy (non-hydrogen) atoms. The van der Waals surface area contributed by atoms with Gasteiger partial charge in [0.15, 0.2) is 6.10 Å². The number of fused-ring (bicyclic) bond motifs is 1. The number of esters is 1. The van der Waals surface area contributed by atoms with Crippen LogP contribution in [0, 0.1) is 5.92 Å². The molecule has 1 N–H and O–H groups in total. The molecule has 0 amide bonds. The minimum atomic E-state index is -0.967. The number of ether oxygens (including phenoxy) is 1. The highest BCUT2D eigenvalue weighted by Gasteiger charge is 2.30. The summed E-state index contributed by atoms with van der Waals surface area (Å²) in [4.78, 5) is 16.4. The van der Waals surface area contributed by atoms with Gasteiger partial charge in [0.2, 0.25) is 0 Å². The number of para-hydroxylation sites is 1. The standard InChI is InChI=1S/C19H28N2O3/c1-24-19(23)18(22)16-8-11-20(12-9-16)13-14-21-10-4-6-15-5-2-3-7-17(15)21/h2-3,5,7,16,18,22H,4,6,8-14H2,1H3/t18-/m0/s1. The fourth-order valence-corrected chi connectivity index (χ4v) is 3.91. The summed E-state index contributed by atoms with van der Waals surface area (Å²) in [7, 11) is 1.33. The van der Waals surface area contributed by atoms with Crippen molar-refractivity contribution in [2.24, 2.45) is 5.92 Å². The predicted octanol–water partition coefficient (Wildman–Crippen LogP) is 1.69. The molecule has 1 aromatic carbocycles. The van der Waals surface area contributed by atoms with Crippen molar-refractivity contribution >= 4 is 11.7 Å². The number of likely N-dealkylation sites (tertiary alicyclic amines) is 1. The third kappa shape index (κ3) is 3.90. The van der Waals surface area contributed by atoms with Gasteiger partial charge in [-0.1, -0.05) is 18.2 Å². The molecule has 0 aliphatic carbocycles. The summed E-state index contributed by atoms with van der Waals surface area (Å²) in [6, 6.07) is 8.71. The molecule has 1 fully saturated rings. The molecule has 132 valence electrons. The number of carbonyl (C=O) groups is 1. The molecule has 0 spiro atoms. The molecule has 0 saturated carbocycles. The third-order valence-corrected chi connectivity index (χ3v) is 5.41. The monoisotopic (exact) mass is 332 g/mol. The first kappa shape index (κ1) is 17.2. The number of aliphatic hydroxyl groups excluding tert-OH is 1. The lowest BCUT2D eigenvalue weighted by Crippen LogP contribution is -2.44. The normalized spacial score (nSPS) is 20.5. The largest absolute Gasteiger partial charge is 0.467 e. The predicted molar refractivity (Wildman–Crippen MR) is 94.2 cm³/mol. The lowest BCUT2D eigenvalue weighted by atomic mass is 9.91. The Bertz CT molecular complexity index is 555. The summed E-state index contributed by atoms with van der Waals surface area (Å²) in [6.45, 7) is 5.09. The number of aliphatic hydroxyl groups is 1. The number of hydrogen-bond donors (Lipinski definition) is 1. The summed E-state index contributed by atoms with van der Waals surface area (Å²) >= 11 is 0. The first-order valence-electron chi connectivity index (χ1n) is 9.00. The van der Waals surface area contributed by atoms with Crippen LogP contribution in [0.25, 0.3) is 0 Å². The summed E-state index contributed by atoms with van der Waals surface area (Å²) in [5, 5.41) is 9.97. The molecule has 2 aliphatic rings. The van der Waals surface area contributed by atoms with Gasteiger partial charge in [-0.05, 0) is 56.3 Å². The van der Waals surface area contributed by atoms with E-state index in [-0.39, 0.29) is 5.92 Å². The van der Waals surface area contributed by atoms with E-state index in [4.69, 9.17) is 0 Å². The van der Waals surface area contributed by atoms with E-state index in [9.17, 15) is 9.90 Å². The quantitative estimate of drug-likeness (QED) is 0.832. The van der Waals surface area contributed by atoms with Crippen LogP contribution in [0.1, 0.15) is 24.8 Å². The van der Waals surface area contributed by atoms with E-state index in [1.165, 1.54) is 31.2 Å². The summed E-state index contributed by atoms with van der Waals surface area (Å²) < 4.78 is 4.64. The molecular formula is C19H28N2O3. The number of aryl methyl sites for hydroxylation is 1. The van der Waals surface area contributed by atoms with Crippen molar-refractivity contribution in [2.75, 3.05) is 44.7 Å². The molecule has 3 rings (SSSR count). The molecule has 1 aromatic rings. The smallest absolute Gasteiger partial charge is 0.334 e. The Morgan fingerprint density at radius 3 is 2.75 bits per heavy atom. The topological polar surface area (TPSA) is 53.0 Å². The second-order valence-electron chi connectivity index (χ2n) is 6.87. The average Bonchev–Trinajstić information content (AvgIpc) is 2.65. The average molecular weight is 332 g/mol. The van der Waals surface area contributed by atoms with E-state index >= 15 is 0 Å². The lowest BCUT2D eigenvalue weighted by Gasteiger charge is -2.36. The van der Waals surface area contributed by atoms with Crippen molar-refractivity contribution in [2.45, 2.75) is 31.8 Å². The highest BCUT2D eigenvalue weighted by Crippen LogP contribution is 2.27. The highest BCUT2D eigenvalue weighted by atomic mass is 16.5. The molecular weight excluding hydrogens is 304 g/mol. The van der Waals surface area contributed by atoms with E-state index in [1.807, 2.05) is 0 Å². The van der Waals surface area contributed by atoms with Gasteiger partial charge in [0.05, 0.1) is 7.11 Å². The molecule has 1 saturated heterocycles. The van der Waals surface area contributed by atoms with Gasteiger partial charge in [-0.2, -0.15) is 0 Å². The number of anilines is 1. The van der Waals surface area contributed by atoms with Gasteiger partial charge in [0, 0.05) is 25.3 Å². The number of piperidine rings is 1. The summed E-state index contributed by atoms with van der Waals surface area (Å²) in [6.07, 6.45) is 3.15. The van der Waals surface area contributed by atoms with Gasteiger partial charge < -0.3 is 19.6 Å². The molecule has 0 unspecified atom stereocenters. The second-order valence-corrected chi connectivity index (χ2v) is 6.87. The van der Waals surface area contributed by atoms with E-state index in [1.54, 1.807) is 0 Å². The Balaban J connectivity index is 1.47. The van der Waals surface area contributed by atoms with Crippen LogP contribution in [0.5, 0.6) is 0 Å². The Kier molecular flexibility index (Phi) is 5.74. The Morgan fingerprint density at radius 1 is 1.25 bits per heavy atom. The third-order valence-electron chi connectivity index (χ3n) is 5.41. The van der Waals surface area contributed by atoms with Gasteiger partial charge in [0.1, 0.15) is 0 Å². The van der Waals surface area contributed by atoms with Crippen LogP contribution in [0.3, 0.4) is 0 Å². The number of rotatable bonds is 5. The molecule has 5 nitrogen and oxygen atoms in total. The van der Waals surface area contributed by atoms with Gasteiger partial charge in [-0.15, -0.1) is 0 Å². The molecule has 2 heterocycles. The van der Waals surface area contributed by atoms with Crippen molar-refractivity contribution in [3.63, 3.8) is 0 Å². The van der Waals surface area contributed by atoms with E-state index in [0.717, 1.165) is 45.6 Å². The van der Waals surface area contributed by atoms with Crippen LogP contribution in [0.4, 0.5) is 5.69 Å². The van der Waals surface area contributed by atoms with Crippen LogP contribution in [-0.4, -0.2) is 61.9 Å². The summed E-state index contributed by atoms with van der Waals surface area (Å²) in [5.74, 6) is -0.470. The van der Waals surface area contributed by atoms with Crippen LogP contribution < -0.4 is 4.90 Å². The van der Waals surface area contributed by atoms with Crippen molar-refractivity contribution in [3.8, 4) is 0 Å². The summed E-state index contributed by atoms with van der Waals surface area (Å²) in [5.41, 5.74) is 2.85. The van der Waals surface area contributed by atoms with E-state index in [2.05, 4.69) is 38.8 Å². The molecule has 5 heteroatoms. The first-order valence-corrected chi connectivity index (χ1v) is 9.00. The van der Waals surface area contributed by atoms with Crippen molar-refractivity contribution < 1.29 is 14.6 Å². The fourth-order valence-electron chi connectivity index (χ4n) is 3.91. The van der Waals surface area contributed by atoms with Crippen LogP contribution in [0.15, 0.2) is 24.3 Å². The zero-order valence-electron chi connectivity index (χ0n) is 14.5. The molecule has 0 aromatic heterocycles. The minimum absolute atomic E-state index is 0.0319. The molecule has 0 radical (unpaired) electrons. The first-order chi connectivity index (χ1) is 11.7. The SMILES string of the molecule is COC(=O)[C@@H](O)C1CCN(CCN2CCCc3ccccc32)CC1. The number of nitrogens with zero attached hydrogens (tertiary/aromatic N) is 2. The number of carbonyl (C=O) groups excluding carboxylic acids is 1. The highest BCUT2D eigenvalue weighted by molar-refractivity contribution is 5.74. The lowest BCUT2D eigenvalue weighted by molar-refractivity contribution is -0.154. The molecule has 2 aliphatic heterocycles. The maximum atomic E-state index is 11.4. The van der Waals surface area contributed by atoms with Gasteiger partial charge in [-0.3, -0.25) is 0 Å². The Morgan fingerprint density at radius 2 is 2.00 bits per heavy atom. The maximum absolute atomic E-state index is 11.4. The van der Waals surface area contributed by atoms with Crippen molar-refractivity contribution in [1.82, 2.24) is 4.90 Å². The molecule has 0 bridgehead atoms. The number of benzene rings is 1. The molecule has 1 atom stereocenters. The van der Waals surface area contributed by atoms with Crippen molar-refractivity contribution in [1.29, 1.82) is 0 Å². The van der Waals surface area contributed by atoms with Gasteiger partial charge in [-0.25, -0.2) is 4.79 Å². The maximum Gasteiger partial charge on any atom is 0.334 e. The second kappa shape index (κ2) is 7.99. The number of methoxy groups -OCH3 is 1. The number of hydrogen-bond acceptors (Lipinski definition) is 5. The zero-order chi connectivity index (χ0) is 16.9. The van der Waals surface area contributed by atoms with E-state index < -0.39 is 12.1 Å². The Hall–Kier alpha value is -1.59. The Labute approximate surface area is 144 Å². The van der Waals surface area contributed by atoms with Crippen molar-refractivity contribution in [3.05, 3.63) is 29.8 Å². The minimum Gasteiger partial charge on any atom is -0.467 e. The van der Waals surface area contributed by atoms with Crippen LogP contribution in [0.2, 0.25) is 0 Å². The van der Waals surface area contributed by atoms with Gasteiger partial charge in [0.25, 0.3) is 0 Å². The van der Waals surface area contributed by atoms with Crippen LogP contribution in [-0.2, 0) is 16.0 Å². The van der Waals surface area contributed by atoms with Crippen LogP contribution >= 0.6 is 0 Å².